The highest BCUT2D eigenvalue weighted by Gasteiger charge is 2.06. The summed E-state index contributed by atoms with van der Waals surface area (Å²) in [6.45, 7) is 7.39. The molecule has 1 rings (SSSR count). The third-order valence-electron chi connectivity index (χ3n) is 2.81. The van der Waals surface area contributed by atoms with Gasteiger partial charge in [0.25, 0.3) is 0 Å². The summed E-state index contributed by atoms with van der Waals surface area (Å²) >= 11 is 3.51. The summed E-state index contributed by atoms with van der Waals surface area (Å²) in [4.78, 5) is 0. The lowest BCUT2D eigenvalue weighted by molar-refractivity contribution is 0.260. The first-order valence-electron chi connectivity index (χ1n) is 5.96. The van der Waals surface area contributed by atoms with Crippen molar-refractivity contribution in [3.63, 3.8) is 0 Å². The van der Waals surface area contributed by atoms with Gasteiger partial charge in [-0.1, -0.05) is 48.8 Å². The molecule has 0 saturated carbocycles. The van der Waals surface area contributed by atoms with Gasteiger partial charge >= 0.3 is 0 Å². The summed E-state index contributed by atoms with van der Waals surface area (Å²) in [7, 11) is 0. The second-order valence-corrected chi connectivity index (χ2v) is 5.11. The van der Waals surface area contributed by atoms with Crippen molar-refractivity contribution in [2.45, 2.75) is 33.1 Å². The van der Waals surface area contributed by atoms with Gasteiger partial charge in [-0.25, -0.2) is 0 Å². The molecule has 2 heteroatoms. The number of benzene rings is 1. The van der Waals surface area contributed by atoms with Gasteiger partial charge in [0.15, 0.2) is 0 Å². The van der Waals surface area contributed by atoms with E-state index in [-0.39, 0.29) is 0 Å². The van der Waals surface area contributed by atoms with Crippen LogP contribution in [0.5, 0.6) is 5.75 Å². The molecule has 0 bridgehead atoms. The van der Waals surface area contributed by atoms with Crippen LogP contribution in [0.25, 0.3) is 0 Å². The van der Waals surface area contributed by atoms with Gasteiger partial charge in [0.05, 0.1) is 6.61 Å². The molecule has 0 aliphatic carbocycles. The molecule has 0 aromatic heterocycles. The monoisotopic (exact) mass is 284 g/mol. The van der Waals surface area contributed by atoms with E-state index < -0.39 is 0 Å². The number of hydrogen-bond acceptors (Lipinski definition) is 1. The van der Waals surface area contributed by atoms with Crippen LogP contribution in [0, 0.1) is 5.92 Å². The summed E-state index contributed by atoms with van der Waals surface area (Å²) in [5, 5.41) is 1.01. The highest BCUT2D eigenvalue weighted by Crippen LogP contribution is 2.21. The Morgan fingerprint density at radius 2 is 2.06 bits per heavy atom. The summed E-state index contributed by atoms with van der Waals surface area (Å²) in [6.07, 6.45) is 1.15. The lowest BCUT2D eigenvalue weighted by Gasteiger charge is -2.14. The van der Waals surface area contributed by atoms with Crippen LogP contribution in [0.3, 0.4) is 0 Å². The zero-order chi connectivity index (χ0) is 12.0. The van der Waals surface area contributed by atoms with Crippen molar-refractivity contribution >= 4 is 15.9 Å². The van der Waals surface area contributed by atoms with Gasteiger partial charge in [0.1, 0.15) is 5.75 Å². The molecule has 16 heavy (non-hydrogen) atoms. The Bertz CT molecular complexity index is 305. The Morgan fingerprint density at radius 3 is 2.62 bits per heavy atom. The lowest BCUT2D eigenvalue weighted by atomic mass is 10.0. The molecular formula is C14H21BrO. The van der Waals surface area contributed by atoms with Crippen LogP contribution in [0.2, 0.25) is 0 Å². The summed E-state index contributed by atoms with van der Waals surface area (Å²) < 4.78 is 5.81. The van der Waals surface area contributed by atoms with Crippen LogP contribution in [0.1, 0.15) is 38.7 Å². The maximum Gasteiger partial charge on any atom is 0.119 e. The van der Waals surface area contributed by atoms with E-state index in [1.165, 1.54) is 5.56 Å². The minimum atomic E-state index is 0.557. The minimum absolute atomic E-state index is 0.557. The third-order valence-corrected chi connectivity index (χ3v) is 3.72. The fourth-order valence-electron chi connectivity index (χ4n) is 1.45. The molecule has 0 heterocycles. The first-order chi connectivity index (χ1) is 7.67. The van der Waals surface area contributed by atoms with Crippen LogP contribution >= 0.6 is 15.9 Å². The molecule has 1 unspecified atom stereocenters. The Morgan fingerprint density at radius 1 is 1.31 bits per heavy atom. The van der Waals surface area contributed by atoms with Crippen molar-refractivity contribution in [3.05, 3.63) is 29.8 Å². The fraction of sp³-hybridized carbons (Fsp3) is 0.571. The molecule has 90 valence electrons. The molecule has 0 radical (unpaired) electrons. The first-order valence-corrected chi connectivity index (χ1v) is 7.08. The van der Waals surface area contributed by atoms with E-state index in [0.717, 1.165) is 24.1 Å². The Hall–Kier alpha value is -0.500. The molecule has 1 atom stereocenters. The summed E-state index contributed by atoms with van der Waals surface area (Å²) in [5.74, 6) is 2.15. The van der Waals surface area contributed by atoms with Crippen LogP contribution in [0.15, 0.2) is 24.3 Å². The van der Waals surface area contributed by atoms with Gasteiger partial charge in [-0.05, 0) is 30.0 Å². The molecule has 0 amide bonds. The molecule has 1 nitrogen and oxygen atoms in total. The molecular weight excluding hydrogens is 264 g/mol. The predicted octanol–water partition coefficient (Wildman–Crippen LogP) is 4.61. The van der Waals surface area contributed by atoms with Crippen LogP contribution in [-0.4, -0.2) is 11.9 Å². The van der Waals surface area contributed by atoms with E-state index in [1.54, 1.807) is 0 Å². The zero-order valence-corrected chi connectivity index (χ0v) is 12.0. The average Bonchev–Trinajstić information content (AvgIpc) is 2.31. The molecule has 0 N–H and O–H groups in total. The maximum absolute atomic E-state index is 5.81. The Kier molecular flexibility index (Phi) is 5.89. The van der Waals surface area contributed by atoms with Crippen LogP contribution < -0.4 is 4.74 Å². The number of alkyl halides is 1. The Balaban J connectivity index is 2.56. The van der Waals surface area contributed by atoms with Gasteiger partial charge < -0.3 is 4.74 Å². The predicted molar refractivity (Wildman–Crippen MR) is 73.6 cm³/mol. The Labute approximate surface area is 107 Å². The second kappa shape index (κ2) is 6.95. The number of rotatable bonds is 6. The number of ether oxygens (including phenoxy) is 1. The van der Waals surface area contributed by atoms with Gasteiger partial charge in [-0.3, -0.25) is 0 Å². The third kappa shape index (κ3) is 4.17. The smallest absolute Gasteiger partial charge is 0.119 e. The van der Waals surface area contributed by atoms with Gasteiger partial charge in [0, 0.05) is 11.2 Å². The van der Waals surface area contributed by atoms with E-state index in [4.69, 9.17) is 4.74 Å². The average molecular weight is 285 g/mol. The second-order valence-electron chi connectivity index (χ2n) is 4.47. The van der Waals surface area contributed by atoms with Crippen molar-refractivity contribution in [3.8, 4) is 5.75 Å². The van der Waals surface area contributed by atoms with Crippen LogP contribution in [-0.2, 0) is 0 Å². The lowest BCUT2D eigenvalue weighted by Crippen LogP contribution is -2.12. The number of hydrogen-bond donors (Lipinski definition) is 0. The normalized spacial score (nSPS) is 12.8. The molecule has 0 saturated heterocycles. The van der Waals surface area contributed by atoms with Crippen molar-refractivity contribution in [1.29, 1.82) is 0 Å². The topological polar surface area (TPSA) is 9.23 Å². The van der Waals surface area contributed by atoms with Crippen molar-refractivity contribution in [1.82, 2.24) is 0 Å². The maximum atomic E-state index is 5.81. The molecule has 1 aromatic carbocycles. The van der Waals surface area contributed by atoms with E-state index in [2.05, 4.69) is 54.9 Å². The first kappa shape index (κ1) is 13.6. The van der Waals surface area contributed by atoms with Crippen LogP contribution in [0.4, 0.5) is 0 Å². The zero-order valence-electron chi connectivity index (χ0n) is 10.4. The van der Waals surface area contributed by atoms with E-state index in [0.29, 0.717) is 11.8 Å². The highest BCUT2D eigenvalue weighted by atomic mass is 79.9. The molecule has 0 fully saturated rings. The van der Waals surface area contributed by atoms with E-state index in [1.807, 2.05) is 6.07 Å². The van der Waals surface area contributed by atoms with Gasteiger partial charge in [-0.2, -0.15) is 0 Å². The molecule has 0 spiro atoms. The quantitative estimate of drug-likeness (QED) is 0.693. The molecule has 0 aliphatic heterocycles. The molecule has 0 aliphatic rings. The SMILES string of the molecule is CCC(CBr)COc1cccc(C(C)C)c1. The number of halogens is 1. The van der Waals surface area contributed by atoms with Crippen molar-refractivity contribution in [2.75, 3.05) is 11.9 Å². The van der Waals surface area contributed by atoms with E-state index in [9.17, 15) is 0 Å². The standard InChI is InChI=1S/C14H21BrO/c1-4-12(9-15)10-16-14-7-5-6-13(8-14)11(2)3/h5-8,11-12H,4,9-10H2,1-3H3. The highest BCUT2D eigenvalue weighted by molar-refractivity contribution is 9.09. The van der Waals surface area contributed by atoms with Crippen molar-refractivity contribution < 1.29 is 4.74 Å². The van der Waals surface area contributed by atoms with Crippen molar-refractivity contribution in [2.24, 2.45) is 5.92 Å². The van der Waals surface area contributed by atoms with E-state index >= 15 is 0 Å². The fourth-order valence-corrected chi connectivity index (χ4v) is 2.09. The largest absolute Gasteiger partial charge is 0.493 e. The summed E-state index contributed by atoms with van der Waals surface area (Å²) in [6, 6.07) is 8.40. The minimum Gasteiger partial charge on any atom is -0.493 e. The summed E-state index contributed by atoms with van der Waals surface area (Å²) in [5.41, 5.74) is 1.34. The van der Waals surface area contributed by atoms with Gasteiger partial charge in [0.2, 0.25) is 0 Å². The molecule has 1 aromatic rings. The van der Waals surface area contributed by atoms with Gasteiger partial charge in [-0.15, -0.1) is 0 Å².